The van der Waals surface area contributed by atoms with Gasteiger partial charge < -0.3 is 34.7 Å². The normalized spacial score (nSPS) is 16.8. The average molecular weight is 709 g/mol. The lowest BCUT2D eigenvalue weighted by molar-refractivity contribution is -0.110. The number of rotatable bonds is 10. The molecule has 240 valence electrons. The molecule has 4 heterocycles. The Kier molecular flexibility index (Phi) is 9.08. The number of hydrogen-bond acceptors (Lipinski definition) is 12. The van der Waals surface area contributed by atoms with E-state index in [2.05, 4.69) is 51.9 Å². The third-order valence-electron chi connectivity index (χ3n) is 7.69. The van der Waals surface area contributed by atoms with Crippen LogP contribution >= 0.6 is 23.1 Å². The van der Waals surface area contributed by atoms with Crippen LogP contribution in [0, 0.1) is 0 Å². The summed E-state index contributed by atoms with van der Waals surface area (Å²) in [4.78, 5) is 18.2. The van der Waals surface area contributed by atoms with Crippen LogP contribution in [0.4, 0.5) is 23.1 Å². The van der Waals surface area contributed by atoms with Gasteiger partial charge in [-0.1, -0.05) is 0 Å². The van der Waals surface area contributed by atoms with Gasteiger partial charge >= 0.3 is 0 Å². The fraction of sp³-hybridized carbons (Fsp3) is 0.323. The molecule has 0 radical (unpaired) electrons. The van der Waals surface area contributed by atoms with Crippen molar-refractivity contribution in [1.82, 2.24) is 35.0 Å². The fourth-order valence-electron chi connectivity index (χ4n) is 5.69. The van der Waals surface area contributed by atoms with Gasteiger partial charge in [0, 0.05) is 57.6 Å². The zero-order valence-electron chi connectivity index (χ0n) is 26.2. The van der Waals surface area contributed by atoms with Gasteiger partial charge in [-0.2, -0.15) is 10.1 Å². The van der Waals surface area contributed by atoms with Crippen LogP contribution in [-0.4, -0.2) is 83.6 Å². The first-order valence-electron chi connectivity index (χ1n) is 14.5. The molecule has 0 amide bonds. The largest absolute Gasteiger partial charge is 0.495 e. The lowest BCUT2D eigenvalue weighted by Crippen LogP contribution is -2.50. The summed E-state index contributed by atoms with van der Waals surface area (Å²) in [6.45, 7) is 5.63. The molecule has 3 N–H and O–H groups in total. The van der Waals surface area contributed by atoms with Crippen LogP contribution in [0.1, 0.15) is 5.56 Å². The molecule has 0 aliphatic carbocycles. The van der Waals surface area contributed by atoms with E-state index < -0.39 is 12.7 Å². The molecular weight excluding hydrogens is 673 g/mol. The van der Waals surface area contributed by atoms with Gasteiger partial charge in [-0.3, -0.25) is 14.6 Å². The molecule has 1 fully saturated rings. The second-order valence-electron chi connectivity index (χ2n) is 11.3. The molecular formula is C31H35BrN9O4P. The van der Waals surface area contributed by atoms with Crippen LogP contribution in [-0.2, 0) is 26.7 Å². The third-order valence-corrected chi connectivity index (χ3v) is 9.80. The highest BCUT2D eigenvalue weighted by atomic mass is 79.9. The van der Waals surface area contributed by atoms with Gasteiger partial charge in [-0.25, -0.2) is 4.98 Å². The van der Waals surface area contributed by atoms with Crippen LogP contribution in [0.15, 0.2) is 59.7 Å². The number of ether oxygens (including phenoxy) is 3. The summed E-state index contributed by atoms with van der Waals surface area (Å²) in [5.41, 5.74) is 4.48. The van der Waals surface area contributed by atoms with Crippen LogP contribution < -0.4 is 26.0 Å². The van der Waals surface area contributed by atoms with E-state index in [0.29, 0.717) is 69.5 Å². The number of halogens is 1. The number of aryl methyl sites for hydroxylation is 1. The van der Waals surface area contributed by atoms with E-state index in [1.165, 1.54) is 0 Å². The van der Waals surface area contributed by atoms with Crippen molar-refractivity contribution in [2.75, 3.05) is 64.5 Å². The number of methoxy groups -OCH3 is 2. The average Bonchev–Trinajstić information content (AvgIpc) is 3.48. The molecule has 1 unspecified atom stereocenters. The van der Waals surface area contributed by atoms with Crippen LogP contribution in [0.25, 0.3) is 22.2 Å². The summed E-state index contributed by atoms with van der Waals surface area (Å²) in [7, 11) is 2.38. The van der Waals surface area contributed by atoms with Gasteiger partial charge in [0.15, 0.2) is 0 Å². The van der Waals surface area contributed by atoms with Gasteiger partial charge in [0.05, 0.1) is 53.2 Å². The quantitative estimate of drug-likeness (QED) is 0.171. The van der Waals surface area contributed by atoms with Crippen LogP contribution in [0.3, 0.4) is 0 Å². The van der Waals surface area contributed by atoms with Crippen LogP contribution in [0.2, 0.25) is 0 Å². The second-order valence-corrected chi connectivity index (χ2v) is 15.3. The molecule has 1 atom stereocenters. The molecule has 0 saturated carbocycles. The Balaban J connectivity index is 1.41. The zero-order valence-corrected chi connectivity index (χ0v) is 28.6. The number of benzene rings is 2. The molecule has 1 saturated heterocycles. The molecule has 13 nitrogen and oxygen atoms in total. The van der Waals surface area contributed by atoms with Gasteiger partial charge in [0.1, 0.15) is 29.8 Å². The van der Waals surface area contributed by atoms with E-state index in [-0.39, 0.29) is 0 Å². The number of fused-ring (bicyclic) bond motifs is 1. The first-order valence-corrected chi connectivity index (χ1v) is 17.9. The predicted octanol–water partition coefficient (Wildman–Crippen LogP) is 4.79. The summed E-state index contributed by atoms with van der Waals surface area (Å²) in [6.07, 6.45) is 8.63. The Bertz CT molecular complexity index is 1940. The van der Waals surface area contributed by atoms with Gasteiger partial charge in [-0.05, 0) is 64.7 Å². The number of morpholine rings is 1. The zero-order chi connectivity index (χ0) is 32.5. The van der Waals surface area contributed by atoms with Crippen molar-refractivity contribution in [3.05, 3.63) is 65.3 Å². The highest BCUT2D eigenvalue weighted by molar-refractivity contribution is 9.10. The van der Waals surface area contributed by atoms with Crippen molar-refractivity contribution < 1.29 is 18.8 Å². The minimum atomic E-state index is -2.78. The van der Waals surface area contributed by atoms with E-state index in [0.717, 1.165) is 23.2 Å². The topological polar surface area (TPSA) is 150 Å². The molecule has 3 aromatic heterocycles. The molecule has 1 aliphatic rings. The Labute approximate surface area is 275 Å². The third kappa shape index (κ3) is 6.36. The van der Waals surface area contributed by atoms with E-state index in [1.54, 1.807) is 50.8 Å². The number of hydrogen-bond donors (Lipinski definition) is 3. The first kappa shape index (κ1) is 32.0. The highest BCUT2D eigenvalue weighted by Gasteiger charge is 2.39. The van der Waals surface area contributed by atoms with Crippen molar-refractivity contribution in [3.8, 4) is 16.9 Å². The van der Waals surface area contributed by atoms with E-state index in [9.17, 15) is 4.57 Å². The fourth-order valence-corrected chi connectivity index (χ4v) is 7.37. The Morgan fingerprint density at radius 2 is 1.93 bits per heavy atom. The van der Waals surface area contributed by atoms with Crippen LogP contribution in [0.5, 0.6) is 5.75 Å². The molecule has 0 spiro atoms. The molecule has 0 bridgehead atoms. The summed E-state index contributed by atoms with van der Waals surface area (Å²) in [5.74, 6) is 1.36. The summed E-state index contributed by atoms with van der Waals surface area (Å²) < 4.78 is 33.8. The standard InChI is InChI=1S/C31H35BrN9O4P/c1-41-16-19(14-37-41)20-12-25(26(44-3)13-21(20)31(18-43-2)17-33-10-11-45-31)39-30-36-15-22(32)29(40-30)38-24-7-6-23-27(35-9-8-34-23)28(24)46(4,5)42/h6-9,12-16,33H,10-11,17-18H2,1-5H3,(H2,36,38,39,40). The predicted molar refractivity (Wildman–Crippen MR) is 182 cm³/mol. The van der Waals surface area contributed by atoms with Crippen molar-refractivity contribution in [2.24, 2.45) is 7.05 Å². The number of nitrogens with zero attached hydrogens (tertiary/aromatic N) is 6. The number of anilines is 4. The first-order chi connectivity index (χ1) is 22.1. The molecule has 6 rings (SSSR count). The monoisotopic (exact) mass is 707 g/mol. The van der Waals surface area contributed by atoms with Crippen molar-refractivity contribution >= 4 is 62.6 Å². The Hall–Kier alpha value is -3.94. The maximum Gasteiger partial charge on any atom is 0.229 e. The highest BCUT2D eigenvalue weighted by Crippen LogP contribution is 2.43. The molecule has 2 aromatic carbocycles. The maximum absolute atomic E-state index is 13.5. The lowest BCUT2D eigenvalue weighted by atomic mass is 9.86. The van der Waals surface area contributed by atoms with E-state index >= 15 is 0 Å². The summed E-state index contributed by atoms with van der Waals surface area (Å²) in [5, 5.41) is 15.2. The smallest absolute Gasteiger partial charge is 0.229 e. The molecule has 46 heavy (non-hydrogen) atoms. The van der Waals surface area contributed by atoms with Crippen molar-refractivity contribution in [1.29, 1.82) is 0 Å². The van der Waals surface area contributed by atoms with Crippen molar-refractivity contribution in [3.63, 3.8) is 0 Å². The van der Waals surface area contributed by atoms with E-state index in [4.69, 9.17) is 19.2 Å². The number of nitrogens with one attached hydrogen (secondary N) is 3. The minimum absolute atomic E-state index is 0.314. The minimum Gasteiger partial charge on any atom is -0.495 e. The Morgan fingerprint density at radius 3 is 2.63 bits per heavy atom. The maximum atomic E-state index is 13.5. The molecule has 5 aromatic rings. The second kappa shape index (κ2) is 13.0. The van der Waals surface area contributed by atoms with Gasteiger partial charge in [-0.15, -0.1) is 0 Å². The summed E-state index contributed by atoms with van der Waals surface area (Å²) in [6, 6.07) is 7.64. The SMILES string of the molecule is COCC1(c2cc(OC)c(Nc3ncc(Br)c(Nc4ccc5nccnc5c4P(C)(C)=O)n3)cc2-c2cnn(C)c2)CNCCO1. The summed E-state index contributed by atoms with van der Waals surface area (Å²) >= 11 is 3.57. The molecule has 15 heteroatoms. The van der Waals surface area contributed by atoms with Crippen molar-refractivity contribution in [2.45, 2.75) is 5.60 Å². The number of aromatic nitrogens is 6. The Morgan fingerprint density at radius 1 is 1.11 bits per heavy atom. The van der Waals surface area contributed by atoms with Gasteiger partial charge in [0.25, 0.3) is 0 Å². The lowest BCUT2D eigenvalue weighted by Gasteiger charge is -2.39. The van der Waals surface area contributed by atoms with Gasteiger partial charge in [0.2, 0.25) is 5.95 Å². The van der Waals surface area contributed by atoms with E-state index in [1.807, 2.05) is 43.7 Å². The molecule has 1 aliphatic heterocycles.